The SMILES string of the molecule is CC(C)CCCCCCCOC(=O)C(C#N)C#N. The highest BCUT2D eigenvalue weighted by Gasteiger charge is 2.17. The fourth-order valence-corrected chi connectivity index (χ4v) is 1.58. The van der Waals surface area contributed by atoms with E-state index in [0.29, 0.717) is 6.61 Å². The molecule has 0 saturated heterocycles. The highest BCUT2D eigenvalue weighted by Crippen LogP contribution is 2.10. The van der Waals surface area contributed by atoms with E-state index in [2.05, 4.69) is 13.8 Å². The standard InChI is InChI=1S/C14H22N2O2/c1-12(2)8-6-4-3-5-7-9-18-14(17)13(10-15)11-16/h12-13H,3-9H2,1-2H3. The monoisotopic (exact) mass is 250 g/mol. The topological polar surface area (TPSA) is 73.9 Å². The highest BCUT2D eigenvalue weighted by atomic mass is 16.5. The predicted octanol–water partition coefficient (Wildman–Crippen LogP) is 3.19. The van der Waals surface area contributed by atoms with Crippen LogP contribution in [0.2, 0.25) is 0 Å². The van der Waals surface area contributed by atoms with E-state index in [1.54, 1.807) is 12.1 Å². The van der Waals surface area contributed by atoms with E-state index in [4.69, 9.17) is 15.3 Å². The third kappa shape index (κ3) is 8.58. The van der Waals surface area contributed by atoms with Crippen molar-refractivity contribution in [2.75, 3.05) is 6.61 Å². The molecule has 0 rings (SSSR count). The number of nitriles is 2. The minimum absolute atomic E-state index is 0.308. The fourth-order valence-electron chi connectivity index (χ4n) is 1.58. The van der Waals surface area contributed by atoms with Crippen molar-refractivity contribution in [1.29, 1.82) is 10.5 Å². The van der Waals surface area contributed by atoms with Crippen LogP contribution in [-0.2, 0) is 9.53 Å². The largest absolute Gasteiger partial charge is 0.464 e. The molecule has 0 amide bonds. The van der Waals surface area contributed by atoms with Gasteiger partial charge in [0.1, 0.15) is 0 Å². The molecule has 4 heteroatoms. The first kappa shape index (κ1) is 16.4. The van der Waals surface area contributed by atoms with Gasteiger partial charge in [-0.2, -0.15) is 10.5 Å². The van der Waals surface area contributed by atoms with Gasteiger partial charge in [0.25, 0.3) is 0 Å². The summed E-state index contributed by atoms with van der Waals surface area (Å²) in [6, 6.07) is 3.19. The maximum Gasteiger partial charge on any atom is 0.338 e. The quantitative estimate of drug-likeness (QED) is 0.465. The Labute approximate surface area is 110 Å². The Morgan fingerprint density at radius 2 is 1.61 bits per heavy atom. The molecule has 0 aliphatic rings. The molecule has 0 unspecified atom stereocenters. The summed E-state index contributed by atoms with van der Waals surface area (Å²) in [4.78, 5) is 11.1. The Hall–Kier alpha value is -1.55. The van der Waals surface area contributed by atoms with Crippen LogP contribution < -0.4 is 0 Å². The van der Waals surface area contributed by atoms with Crippen molar-refractivity contribution in [1.82, 2.24) is 0 Å². The fraction of sp³-hybridized carbons (Fsp3) is 0.786. The molecule has 0 aromatic heterocycles. The zero-order valence-corrected chi connectivity index (χ0v) is 11.3. The van der Waals surface area contributed by atoms with E-state index < -0.39 is 11.9 Å². The molecule has 0 atom stereocenters. The molecule has 18 heavy (non-hydrogen) atoms. The number of ether oxygens (including phenoxy) is 1. The van der Waals surface area contributed by atoms with Crippen LogP contribution in [0.25, 0.3) is 0 Å². The van der Waals surface area contributed by atoms with Gasteiger partial charge in [0, 0.05) is 0 Å². The number of unbranched alkanes of at least 4 members (excludes halogenated alkanes) is 4. The molecule has 0 radical (unpaired) electrons. The van der Waals surface area contributed by atoms with Crippen molar-refractivity contribution in [3.63, 3.8) is 0 Å². The van der Waals surface area contributed by atoms with E-state index in [-0.39, 0.29) is 0 Å². The smallest absolute Gasteiger partial charge is 0.338 e. The van der Waals surface area contributed by atoms with Crippen LogP contribution in [0.15, 0.2) is 0 Å². The molecule has 0 spiro atoms. The Morgan fingerprint density at radius 1 is 1.06 bits per heavy atom. The van der Waals surface area contributed by atoms with Gasteiger partial charge in [-0.05, 0) is 12.3 Å². The van der Waals surface area contributed by atoms with Crippen molar-refractivity contribution >= 4 is 5.97 Å². The molecule has 0 aromatic carbocycles. The van der Waals surface area contributed by atoms with Gasteiger partial charge in [-0.25, -0.2) is 4.79 Å². The third-order valence-electron chi connectivity index (χ3n) is 2.66. The Kier molecular flexibility index (Phi) is 9.68. The first-order valence-electron chi connectivity index (χ1n) is 6.57. The van der Waals surface area contributed by atoms with Crippen LogP contribution in [0, 0.1) is 34.5 Å². The lowest BCUT2D eigenvalue weighted by molar-refractivity contribution is -0.145. The molecule has 100 valence electrons. The molecule has 0 N–H and O–H groups in total. The van der Waals surface area contributed by atoms with Crippen LogP contribution in [0.4, 0.5) is 0 Å². The molecule has 0 fully saturated rings. The highest BCUT2D eigenvalue weighted by molar-refractivity contribution is 5.78. The van der Waals surface area contributed by atoms with Gasteiger partial charge in [-0.3, -0.25) is 0 Å². The second kappa shape index (κ2) is 10.6. The van der Waals surface area contributed by atoms with Crippen molar-refractivity contribution in [2.45, 2.75) is 52.4 Å². The summed E-state index contributed by atoms with van der Waals surface area (Å²) in [6.45, 7) is 4.75. The summed E-state index contributed by atoms with van der Waals surface area (Å²) >= 11 is 0. The van der Waals surface area contributed by atoms with Crippen LogP contribution in [-0.4, -0.2) is 12.6 Å². The molecule has 0 aliphatic carbocycles. The number of rotatable bonds is 9. The number of carbonyl (C=O) groups excluding carboxylic acids is 1. The maximum absolute atomic E-state index is 11.1. The third-order valence-corrected chi connectivity index (χ3v) is 2.66. The first-order chi connectivity index (χ1) is 8.61. The van der Waals surface area contributed by atoms with Crippen molar-refractivity contribution < 1.29 is 9.53 Å². The van der Waals surface area contributed by atoms with Gasteiger partial charge in [0.15, 0.2) is 0 Å². The Balaban J connectivity index is 3.39. The van der Waals surface area contributed by atoms with Crippen LogP contribution in [0.3, 0.4) is 0 Å². The van der Waals surface area contributed by atoms with Crippen molar-refractivity contribution in [3.05, 3.63) is 0 Å². The number of hydrogen-bond acceptors (Lipinski definition) is 4. The molecule has 0 bridgehead atoms. The van der Waals surface area contributed by atoms with Crippen molar-refractivity contribution in [3.8, 4) is 12.1 Å². The van der Waals surface area contributed by atoms with Crippen LogP contribution in [0.5, 0.6) is 0 Å². The van der Waals surface area contributed by atoms with Crippen LogP contribution >= 0.6 is 0 Å². The minimum atomic E-state index is -1.28. The number of carbonyl (C=O) groups is 1. The number of esters is 1. The summed E-state index contributed by atoms with van der Waals surface area (Å²) in [5, 5.41) is 16.9. The number of hydrogen-bond donors (Lipinski definition) is 0. The molecule has 0 saturated carbocycles. The normalized spacial score (nSPS) is 10.1. The molecule has 0 aromatic rings. The van der Waals surface area contributed by atoms with Gasteiger partial charge >= 0.3 is 5.97 Å². The lowest BCUT2D eigenvalue weighted by Crippen LogP contribution is -2.15. The zero-order valence-electron chi connectivity index (χ0n) is 11.3. The van der Waals surface area contributed by atoms with E-state index in [9.17, 15) is 4.79 Å². The first-order valence-corrected chi connectivity index (χ1v) is 6.57. The maximum atomic E-state index is 11.1. The lowest BCUT2D eigenvalue weighted by atomic mass is 10.0. The summed E-state index contributed by atoms with van der Waals surface area (Å²) in [6.07, 6.45) is 6.70. The predicted molar refractivity (Wildman–Crippen MR) is 68.2 cm³/mol. The summed E-state index contributed by atoms with van der Waals surface area (Å²) in [7, 11) is 0. The van der Waals surface area contributed by atoms with Crippen molar-refractivity contribution in [2.24, 2.45) is 11.8 Å². The minimum Gasteiger partial charge on any atom is -0.464 e. The molecule has 4 nitrogen and oxygen atoms in total. The molecule has 0 aliphatic heterocycles. The van der Waals surface area contributed by atoms with Gasteiger partial charge in [0.05, 0.1) is 18.7 Å². The van der Waals surface area contributed by atoms with Gasteiger partial charge in [-0.1, -0.05) is 46.0 Å². The summed E-state index contributed by atoms with van der Waals surface area (Å²) in [5.41, 5.74) is 0. The average molecular weight is 250 g/mol. The van der Waals surface area contributed by atoms with E-state index >= 15 is 0 Å². The van der Waals surface area contributed by atoms with E-state index in [1.165, 1.54) is 19.3 Å². The molecular formula is C14H22N2O2. The number of nitrogens with zero attached hydrogens (tertiary/aromatic N) is 2. The zero-order chi connectivity index (χ0) is 13.8. The molecule has 0 heterocycles. The lowest BCUT2D eigenvalue weighted by Gasteiger charge is -2.05. The summed E-state index contributed by atoms with van der Waals surface area (Å²) < 4.78 is 4.85. The Bertz CT molecular complexity index is 299. The van der Waals surface area contributed by atoms with Gasteiger partial charge in [0.2, 0.25) is 5.92 Å². The van der Waals surface area contributed by atoms with E-state index in [0.717, 1.165) is 25.2 Å². The van der Waals surface area contributed by atoms with Gasteiger partial charge < -0.3 is 4.74 Å². The second-order valence-corrected chi connectivity index (χ2v) is 4.81. The molecular weight excluding hydrogens is 228 g/mol. The van der Waals surface area contributed by atoms with Crippen LogP contribution in [0.1, 0.15) is 52.4 Å². The summed E-state index contributed by atoms with van der Waals surface area (Å²) in [5.74, 6) is -1.24. The second-order valence-electron chi connectivity index (χ2n) is 4.81. The Morgan fingerprint density at radius 3 is 2.17 bits per heavy atom. The van der Waals surface area contributed by atoms with Gasteiger partial charge in [-0.15, -0.1) is 0 Å². The van der Waals surface area contributed by atoms with E-state index in [1.807, 2.05) is 0 Å². The average Bonchev–Trinajstić information content (AvgIpc) is 2.33.